The van der Waals surface area contributed by atoms with Crippen molar-refractivity contribution < 1.29 is 19.1 Å². The lowest BCUT2D eigenvalue weighted by molar-refractivity contribution is 0.189. The fourth-order valence-corrected chi connectivity index (χ4v) is 1.92. The van der Waals surface area contributed by atoms with Crippen molar-refractivity contribution >= 4 is 0 Å². The minimum Gasteiger partial charge on any atom is -0.497 e. The second-order valence-corrected chi connectivity index (χ2v) is 4.72. The molecule has 0 saturated heterocycles. The predicted molar refractivity (Wildman–Crippen MR) is 76.3 cm³/mol. The highest BCUT2D eigenvalue weighted by molar-refractivity contribution is 5.41. The number of aliphatic hydroxyl groups is 1. The summed E-state index contributed by atoms with van der Waals surface area (Å²) in [6.45, 7) is 3.91. The van der Waals surface area contributed by atoms with Crippen LogP contribution in [0.4, 0.5) is 0 Å². The maximum Gasteiger partial charge on any atom is 0.226 e. The molecule has 0 aliphatic rings. The number of aliphatic hydroxyl groups excluding tert-OH is 1. The molecule has 0 bridgehead atoms. The molecule has 1 aromatic heterocycles. The van der Waals surface area contributed by atoms with Gasteiger partial charge in [0.2, 0.25) is 11.7 Å². The average molecular weight is 292 g/mol. The van der Waals surface area contributed by atoms with Crippen molar-refractivity contribution in [2.75, 3.05) is 7.11 Å². The van der Waals surface area contributed by atoms with E-state index in [1.165, 1.54) is 0 Å². The number of hydrogen-bond donors (Lipinski definition) is 1. The van der Waals surface area contributed by atoms with Gasteiger partial charge in [0.1, 0.15) is 11.5 Å². The van der Waals surface area contributed by atoms with Gasteiger partial charge in [0.25, 0.3) is 0 Å². The van der Waals surface area contributed by atoms with Crippen LogP contribution in [-0.2, 0) is 13.0 Å². The summed E-state index contributed by atoms with van der Waals surface area (Å²) in [4.78, 5) is 4.24. The first-order valence-corrected chi connectivity index (χ1v) is 6.94. The first-order chi connectivity index (χ1) is 10.1. The molecule has 1 aromatic carbocycles. The van der Waals surface area contributed by atoms with Gasteiger partial charge < -0.3 is 19.1 Å². The zero-order valence-corrected chi connectivity index (χ0v) is 12.5. The molecule has 2 rings (SSSR count). The molecule has 6 nitrogen and oxygen atoms in total. The summed E-state index contributed by atoms with van der Waals surface area (Å²) in [5.74, 6) is 2.30. The minimum absolute atomic E-state index is 0.181. The Labute approximate surface area is 123 Å². The molecular formula is C15H20N2O4. The van der Waals surface area contributed by atoms with Crippen molar-refractivity contribution in [1.82, 2.24) is 10.1 Å². The van der Waals surface area contributed by atoms with Gasteiger partial charge in [-0.05, 0) is 25.5 Å². The Kier molecular flexibility index (Phi) is 5.16. The first-order valence-electron chi connectivity index (χ1n) is 6.94. The van der Waals surface area contributed by atoms with Crippen LogP contribution >= 0.6 is 0 Å². The summed E-state index contributed by atoms with van der Waals surface area (Å²) in [6, 6.07) is 5.29. The third kappa shape index (κ3) is 3.95. The Morgan fingerprint density at radius 3 is 2.86 bits per heavy atom. The zero-order valence-electron chi connectivity index (χ0n) is 12.5. The monoisotopic (exact) mass is 292 g/mol. The topological polar surface area (TPSA) is 77.6 Å². The van der Waals surface area contributed by atoms with Crippen LogP contribution in [0.5, 0.6) is 11.5 Å². The molecule has 0 amide bonds. The van der Waals surface area contributed by atoms with Gasteiger partial charge in [0.05, 0.1) is 13.2 Å². The van der Waals surface area contributed by atoms with Crippen molar-refractivity contribution in [3.05, 3.63) is 35.5 Å². The molecule has 21 heavy (non-hydrogen) atoms. The second-order valence-electron chi connectivity index (χ2n) is 4.72. The van der Waals surface area contributed by atoms with Gasteiger partial charge in [-0.1, -0.05) is 12.1 Å². The summed E-state index contributed by atoms with van der Waals surface area (Å²) < 4.78 is 16.0. The number of nitrogens with zero attached hydrogens (tertiary/aromatic N) is 2. The zero-order chi connectivity index (χ0) is 15.2. The SMILES string of the molecule is CCCc1nc(COc2cc(OC)ccc2C(C)O)no1. The van der Waals surface area contributed by atoms with Gasteiger partial charge in [0, 0.05) is 18.1 Å². The fraction of sp³-hybridized carbons (Fsp3) is 0.467. The Hall–Kier alpha value is -2.08. The summed E-state index contributed by atoms with van der Waals surface area (Å²) >= 11 is 0. The second kappa shape index (κ2) is 7.08. The molecule has 1 N–H and O–H groups in total. The van der Waals surface area contributed by atoms with Crippen molar-refractivity contribution in [2.24, 2.45) is 0 Å². The van der Waals surface area contributed by atoms with E-state index < -0.39 is 6.10 Å². The number of aryl methyl sites for hydroxylation is 1. The molecule has 2 aromatic rings. The molecule has 114 valence electrons. The predicted octanol–water partition coefficient (Wildman–Crippen LogP) is 2.66. The maximum absolute atomic E-state index is 9.77. The van der Waals surface area contributed by atoms with Crippen LogP contribution in [0.2, 0.25) is 0 Å². The number of hydrogen-bond acceptors (Lipinski definition) is 6. The van der Waals surface area contributed by atoms with E-state index in [1.54, 1.807) is 32.2 Å². The number of ether oxygens (including phenoxy) is 2. The van der Waals surface area contributed by atoms with Crippen molar-refractivity contribution in [3.63, 3.8) is 0 Å². The maximum atomic E-state index is 9.77. The Morgan fingerprint density at radius 1 is 1.38 bits per heavy atom. The van der Waals surface area contributed by atoms with E-state index in [1.807, 2.05) is 6.92 Å². The number of aromatic nitrogens is 2. The molecule has 0 aliphatic heterocycles. The Morgan fingerprint density at radius 2 is 2.19 bits per heavy atom. The third-order valence-electron chi connectivity index (χ3n) is 3.00. The quantitative estimate of drug-likeness (QED) is 0.845. The summed E-state index contributed by atoms with van der Waals surface area (Å²) in [6.07, 6.45) is 1.07. The van der Waals surface area contributed by atoms with Crippen LogP contribution in [0.15, 0.2) is 22.7 Å². The first kappa shape index (κ1) is 15.3. The summed E-state index contributed by atoms with van der Waals surface area (Å²) in [5.41, 5.74) is 0.688. The Balaban J connectivity index is 2.10. The molecule has 1 heterocycles. The van der Waals surface area contributed by atoms with E-state index in [0.717, 1.165) is 12.8 Å². The van der Waals surface area contributed by atoms with Crippen LogP contribution in [0.1, 0.15) is 43.7 Å². The fourth-order valence-electron chi connectivity index (χ4n) is 1.92. The van der Waals surface area contributed by atoms with Crippen molar-refractivity contribution in [3.8, 4) is 11.5 Å². The van der Waals surface area contributed by atoms with E-state index in [9.17, 15) is 5.11 Å². The molecular weight excluding hydrogens is 272 g/mol. The largest absolute Gasteiger partial charge is 0.497 e. The van der Waals surface area contributed by atoms with Crippen LogP contribution in [0.25, 0.3) is 0 Å². The standard InChI is InChI=1S/C15H20N2O4/c1-4-5-15-16-14(17-21-15)9-20-13-8-11(19-3)6-7-12(13)10(2)18/h6-8,10,18H,4-5,9H2,1-3H3. The number of methoxy groups -OCH3 is 1. The molecule has 0 aliphatic carbocycles. The molecule has 0 spiro atoms. The van der Waals surface area contributed by atoms with Gasteiger partial charge in [-0.25, -0.2) is 0 Å². The average Bonchev–Trinajstić information content (AvgIpc) is 2.92. The van der Waals surface area contributed by atoms with E-state index in [4.69, 9.17) is 14.0 Å². The lowest BCUT2D eigenvalue weighted by Crippen LogP contribution is -2.03. The van der Waals surface area contributed by atoms with Gasteiger partial charge in [0.15, 0.2) is 6.61 Å². The van der Waals surface area contributed by atoms with Crippen LogP contribution in [-0.4, -0.2) is 22.4 Å². The van der Waals surface area contributed by atoms with E-state index in [2.05, 4.69) is 10.1 Å². The van der Waals surface area contributed by atoms with Gasteiger partial charge in [-0.2, -0.15) is 4.98 Å². The van der Waals surface area contributed by atoms with Crippen LogP contribution < -0.4 is 9.47 Å². The molecule has 1 atom stereocenters. The van der Waals surface area contributed by atoms with Crippen LogP contribution in [0.3, 0.4) is 0 Å². The number of benzene rings is 1. The highest BCUT2D eigenvalue weighted by Crippen LogP contribution is 2.29. The minimum atomic E-state index is -0.633. The molecule has 6 heteroatoms. The third-order valence-corrected chi connectivity index (χ3v) is 3.00. The smallest absolute Gasteiger partial charge is 0.226 e. The summed E-state index contributed by atoms with van der Waals surface area (Å²) in [5, 5.41) is 13.6. The Bertz CT molecular complexity index is 581. The lowest BCUT2D eigenvalue weighted by Gasteiger charge is -2.13. The van der Waals surface area contributed by atoms with Crippen molar-refractivity contribution in [2.45, 2.75) is 39.4 Å². The number of rotatable bonds is 7. The molecule has 0 fully saturated rings. The van der Waals surface area contributed by atoms with Crippen molar-refractivity contribution in [1.29, 1.82) is 0 Å². The highest BCUT2D eigenvalue weighted by Gasteiger charge is 2.12. The molecule has 0 saturated carbocycles. The van der Waals surface area contributed by atoms with Crippen LogP contribution in [0, 0.1) is 0 Å². The lowest BCUT2D eigenvalue weighted by atomic mass is 10.1. The molecule has 0 radical (unpaired) electrons. The van der Waals surface area contributed by atoms with Gasteiger partial charge >= 0.3 is 0 Å². The summed E-state index contributed by atoms with van der Waals surface area (Å²) in [7, 11) is 1.58. The van der Waals surface area contributed by atoms with E-state index >= 15 is 0 Å². The van der Waals surface area contributed by atoms with Gasteiger partial charge in [-0.15, -0.1) is 0 Å². The normalized spacial score (nSPS) is 12.2. The van der Waals surface area contributed by atoms with Gasteiger partial charge in [-0.3, -0.25) is 0 Å². The highest BCUT2D eigenvalue weighted by atomic mass is 16.5. The molecule has 1 unspecified atom stereocenters. The van der Waals surface area contributed by atoms with E-state index in [0.29, 0.717) is 28.8 Å². The van der Waals surface area contributed by atoms with E-state index in [-0.39, 0.29) is 6.61 Å².